The Morgan fingerprint density at radius 1 is 1.14 bits per heavy atom. The van der Waals surface area contributed by atoms with Crippen LogP contribution in [0.2, 0.25) is 0 Å². The molecule has 0 saturated heterocycles. The first-order valence-electron chi connectivity index (χ1n) is 6.77. The standard InChI is InChI=1S/C16H16N4O/c17-9-11-5-7-12(8-6-11)16(21)18-10-15-13-3-1-2-4-14(13)19-20-15/h1-8H,9-10,17H2,(H,18,21)(H,19,20). The first-order chi connectivity index (χ1) is 10.3. The summed E-state index contributed by atoms with van der Waals surface area (Å²) >= 11 is 0. The van der Waals surface area contributed by atoms with E-state index in [1.54, 1.807) is 12.1 Å². The van der Waals surface area contributed by atoms with E-state index in [1.165, 1.54) is 0 Å². The topological polar surface area (TPSA) is 83.8 Å². The lowest BCUT2D eigenvalue weighted by Crippen LogP contribution is -2.23. The summed E-state index contributed by atoms with van der Waals surface area (Å²) < 4.78 is 0. The lowest BCUT2D eigenvalue weighted by molar-refractivity contribution is 0.0950. The van der Waals surface area contributed by atoms with Gasteiger partial charge in [0.15, 0.2) is 0 Å². The van der Waals surface area contributed by atoms with Crippen LogP contribution in [-0.2, 0) is 13.1 Å². The number of amides is 1. The average Bonchev–Trinajstić information content (AvgIpc) is 2.96. The number of hydrogen-bond donors (Lipinski definition) is 3. The molecule has 0 aliphatic carbocycles. The van der Waals surface area contributed by atoms with Gasteiger partial charge in [0, 0.05) is 17.5 Å². The number of nitrogens with two attached hydrogens (primary N) is 1. The maximum absolute atomic E-state index is 12.1. The minimum Gasteiger partial charge on any atom is -0.346 e. The summed E-state index contributed by atoms with van der Waals surface area (Å²) in [4.78, 5) is 12.1. The number of nitrogens with one attached hydrogen (secondary N) is 2. The molecule has 0 aliphatic rings. The summed E-state index contributed by atoms with van der Waals surface area (Å²) in [6, 6.07) is 15.1. The van der Waals surface area contributed by atoms with Gasteiger partial charge in [-0.05, 0) is 23.8 Å². The number of hydrogen-bond acceptors (Lipinski definition) is 3. The third-order valence-electron chi connectivity index (χ3n) is 3.42. The SMILES string of the molecule is NCc1ccc(C(=O)NCc2[nH]nc3ccccc23)cc1. The van der Waals surface area contributed by atoms with Gasteiger partial charge < -0.3 is 11.1 Å². The van der Waals surface area contributed by atoms with E-state index in [2.05, 4.69) is 15.5 Å². The largest absolute Gasteiger partial charge is 0.346 e. The first-order valence-corrected chi connectivity index (χ1v) is 6.77. The first kappa shape index (κ1) is 13.3. The van der Waals surface area contributed by atoms with E-state index in [-0.39, 0.29) is 5.91 Å². The number of nitrogens with zero attached hydrogens (tertiary/aromatic N) is 1. The van der Waals surface area contributed by atoms with E-state index in [4.69, 9.17) is 5.73 Å². The van der Waals surface area contributed by atoms with Crippen LogP contribution in [0.15, 0.2) is 48.5 Å². The van der Waals surface area contributed by atoms with Crippen LogP contribution in [0.1, 0.15) is 21.6 Å². The molecule has 3 rings (SSSR count). The fraction of sp³-hybridized carbons (Fsp3) is 0.125. The number of aromatic amines is 1. The van der Waals surface area contributed by atoms with Gasteiger partial charge in [0.25, 0.3) is 5.91 Å². The zero-order chi connectivity index (χ0) is 14.7. The number of benzene rings is 2. The monoisotopic (exact) mass is 280 g/mol. The lowest BCUT2D eigenvalue weighted by Gasteiger charge is -2.05. The average molecular weight is 280 g/mol. The summed E-state index contributed by atoms with van der Waals surface area (Å²) in [7, 11) is 0. The molecule has 0 fully saturated rings. The van der Waals surface area contributed by atoms with Crippen molar-refractivity contribution >= 4 is 16.8 Å². The highest BCUT2D eigenvalue weighted by Gasteiger charge is 2.08. The van der Waals surface area contributed by atoms with Gasteiger partial charge in [-0.3, -0.25) is 9.89 Å². The van der Waals surface area contributed by atoms with Crippen molar-refractivity contribution in [1.29, 1.82) is 0 Å². The number of fused-ring (bicyclic) bond motifs is 1. The number of para-hydroxylation sites is 1. The summed E-state index contributed by atoms with van der Waals surface area (Å²) in [5, 5.41) is 11.1. The van der Waals surface area contributed by atoms with Crippen LogP contribution in [0.3, 0.4) is 0 Å². The molecular formula is C16H16N4O. The van der Waals surface area contributed by atoms with Crippen LogP contribution < -0.4 is 11.1 Å². The second-order valence-electron chi connectivity index (χ2n) is 4.80. The van der Waals surface area contributed by atoms with Crippen molar-refractivity contribution in [1.82, 2.24) is 15.5 Å². The predicted octanol–water partition coefficient (Wildman–Crippen LogP) is 1.95. The normalized spacial score (nSPS) is 10.7. The highest BCUT2D eigenvalue weighted by Crippen LogP contribution is 2.14. The van der Waals surface area contributed by atoms with Crippen LogP contribution >= 0.6 is 0 Å². The minimum absolute atomic E-state index is 0.114. The van der Waals surface area contributed by atoms with E-state index >= 15 is 0 Å². The van der Waals surface area contributed by atoms with Crippen LogP contribution in [0.5, 0.6) is 0 Å². The summed E-state index contributed by atoms with van der Waals surface area (Å²) in [6.45, 7) is 0.889. The van der Waals surface area contributed by atoms with E-state index in [0.717, 1.165) is 22.2 Å². The molecule has 0 aliphatic heterocycles. The molecule has 3 aromatic rings. The molecule has 21 heavy (non-hydrogen) atoms. The van der Waals surface area contributed by atoms with Gasteiger partial charge in [-0.1, -0.05) is 30.3 Å². The van der Waals surface area contributed by atoms with E-state index < -0.39 is 0 Å². The maximum atomic E-state index is 12.1. The highest BCUT2D eigenvalue weighted by molar-refractivity contribution is 5.94. The van der Waals surface area contributed by atoms with Gasteiger partial charge in [0.2, 0.25) is 0 Å². The Labute approximate surface area is 122 Å². The van der Waals surface area contributed by atoms with Crippen molar-refractivity contribution in [2.45, 2.75) is 13.1 Å². The van der Waals surface area contributed by atoms with Crippen molar-refractivity contribution in [2.75, 3.05) is 0 Å². The number of H-pyrrole nitrogens is 1. The second-order valence-corrected chi connectivity index (χ2v) is 4.80. The van der Waals surface area contributed by atoms with Crippen molar-refractivity contribution in [3.05, 3.63) is 65.4 Å². The molecule has 4 N–H and O–H groups in total. The quantitative estimate of drug-likeness (QED) is 0.683. The Bertz CT molecular complexity index is 761. The van der Waals surface area contributed by atoms with Gasteiger partial charge in [-0.15, -0.1) is 0 Å². The molecule has 0 bridgehead atoms. The Balaban J connectivity index is 1.70. The highest BCUT2D eigenvalue weighted by atomic mass is 16.1. The van der Waals surface area contributed by atoms with Crippen molar-refractivity contribution in [3.8, 4) is 0 Å². The fourth-order valence-electron chi connectivity index (χ4n) is 2.21. The zero-order valence-corrected chi connectivity index (χ0v) is 11.5. The van der Waals surface area contributed by atoms with E-state index in [0.29, 0.717) is 18.7 Å². The number of carbonyl (C=O) groups excluding carboxylic acids is 1. The van der Waals surface area contributed by atoms with E-state index in [1.807, 2.05) is 36.4 Å². The maximum Gasteiger partial charge on any atom is 0.251 e. The minimum atomic E-state index is -0.114. The van der Waals surface area contributed by atoms with E-state index in [9.17, 15) is 4.79 Å². The van der Waals surface area contributed by atoms with Crippen molar-refractivity contribution in [3.63, 3.8) is 0 Å². The van der Waals surface area contributed by atoms with Crippen LogP contribution in [0.25, 0.3) is 10.9 Å². The predicted molar refractivity (Wildman–Crippen MR) is 81.6 cm³/mol. The second kappa shape index (κ2) is 5.76. The van der Waals surface area contributed by atoms with Gasteiger partial charge in [0.1, 0.15) is 0 Å². The molecule has 2 aromatic carbocycles. The molecule has 5 nitrogen and oxygen atoms in total. The third kappa shape index (κ3) is 2.78. The Morgan fingerprint density at radius 2 is 1.90 bits per heavy atom. The fourth-order valence-corrected chi connectivity index (χ4v) is 2.21. The summed E-state index contributed by atoms with van der Waals surface area (Å²) in [5.74, 6) is -0.114. The zero-order valence-electron chi connectivity index (χ0n) is 11.5. The Kier molecular flexibility index (Phi) is 3.66. The van der Waals surface area contributed by atoms with Gasteiger partial charge in [-0.2, -0.15) is 5.10 Å². The lowest BCUT2D eigenvalue weighted by atomic mass is 10.1. The Hall–Kier alpha value is -2.66. The molecule has 0 saturated carbocycles. The Morgan fingerprint density at radius 3 is 2.67 bits per heavy atom. The summed E-state index contributed by atoms with van der Waals surface area (Å²) in [5.41, 5.74) is 8.96. The molecule has 106 valence electrons. The van der Waals surface area contributed by atoms with Crippen LogP contribution in [0, 0.1) is 0 Å². The summed E-state index contributed by atoms with van der Waals surface area (Å²) in [6.07, 6.45) is 0. The molecule has 1 aromatic heterocycles. The molecule has 0 atom stereocenters. The number of aromatic nitrogens is 2. The number of carbonyl (C=O) groups is 1. The molecule has 1 amide bonds. The molecule has 0 unspecified atom stereocenters. The molecule has 5 heteroatoms. The van der Waals surface area contributed by atoms with Gasteiger partial charge >= 0.3 is 0 Å². The smallest absolute Gasteiger partial charge is 0.251 e. The molecule has 0 spiro atoms. The molecule has 0 radical (unpaired) electrons. The van der Waals surface area contributed by atoms with Crippen molar-refractivity contribution < 1.29 is 4.79 Å². The molecule has 1 heterocycles. The van der Waals surface area contributed by atoms with Gasteiger partial charge in [-0.25, -0.2) is 0 Å². The molecular weight excluding hydrogens is 264 g/mol. The number of rotatable bonds is 4. The third-order valence-corrected chi connectivity index (χ3v) is 3.42. The van der Waals surface area contributed by atoms with Gasteiger partial charge in [0.05, 0.1) is 17.8 Å². The van der Waals surface area contributed by atoms with Crippen molar-refractivity contribution in [2.24, 2.45) is 5.73 Å². The van der Waals surface area contributed by atoms with Crippen LogP contribution in [-0.4, -0.2) is 16.1 Å². The van der Waals surface area contributed by atoms with Crippen LogP contribution in [0.4, 0.5) is 0 Å².